The first-order chi connectivity index (χ1) is 3.81. The van der Waals surface area contributed by atoms with Gasteiger partial charge < -0.3 is 0 Å². The lowest BCUT2D eigenvalue weighted by Gasteiger charge is -1.96. The van der Waals surface area contributed by atoms with Gasteiger partial charge in [0.25, 0.3) is 0 Å². The van der Waals surface area contributed by atoms with Gasteiger partial charge in [-0.3, -0.25) is 0 Å². The van der Waals surface area contributed by atoms with Gasteiger partial charge in [0.2, 0.25) is 0 Å². The van der Waals surface area contributed by atoms with Crippen molar-refractivity contribution in [3.63, 3.8) is 0 Å². The molecule has 48 valence electrons. The lowest BCUT2D eigenvalue weighted by molar-refractivity contribution is 0.873. The van der Waals surface area contributed by atoms with E-state index in [9.17, 15) is 0 Å². The fourth-order valence-electron chi connectivity index (χ4n) is 0.506. The van der Waals surface area contributed by atoms with Crippen LogP contribution in [-0.4, -0.2) is 5.75 Å². The highest BCUT2D eigenvalue weighted by atomic mass is 32.1. The molecule has 0 radical (unpaired) electrons. The number of hydrogen-bond donors (Lipinski definition) is 1. The van der Waals surface area contributed by atoms with Crippen molar-refractivity contribution < 1.29 is 0 Å². The second-order valence-corrected chi connectivity index (χ2v) is 2.38. The van der Waals surface area contributed by atoms with E-state index in [0.29, 0.717) is 0 Å². The van der Waals surface area contributed by atoms with Gasteiger partial charge in [0, 0.05) is 0 Å². The highest BCUT2D eigenvalue weighted by Gasteiger charge is 1.87. The van der Waals surface area contributed by atoms with Crippen molar-refractivity contribution in [3.05, 3.63) is 12.2 Å². The topological polar surface area (TPSA) is 0 Å². The van der Waals surface area contributed by atoms with Crippen molar-refractivity contribution in [2.75, 3.05) is 5.75 Å². The third-order valence-electron chi connectivity index (χ3n) is 1.19. The Labute approximate surface area is 57.4 Å². The maximum absolute atomic E-state index is 4.09. The van der Waals surface area contributed by atoms with Crippen molar-refractivity contribution in [1.29, 1.82) is 0 Å². The first-order valence-corrected chi connectivity index (χ1v) is 3.72. The molecule has 0 spiro atoms. The lowest BCUT2D eigenvalue weighted by Crippen LogP contribution is -1.79. The Morgan fingerprint density at radius 1 is 1.62 bits per heavy atom. The predicted molar refractivity (Wildman–Crippen MR) is 42.5 cm³/mol. The molecule has 0 aromatic rings. The summed E-state index contributed by atoms with van der Waals surface area (Å²) in [6, 6.07) is 0. The van der Waals surface area contributed by atoms with E-state index < -0.39 is 0 Å². The molecule has 0 rings (SSSR count). The average molecular weight is 130 g/mol. The van der Waals surface area contributed by atoms with Gasteiger partial charge in [0.05, 0.1) is 0 Å². The number of rotatable bonds is 4. The largest absolute Gasteiger partial charge is 0.179 e. The van der Waals surface area contributed by atoms with E-state index in [-0.39, 0.29) is 0 Å². The molecular weight excluding hydrogens is 116 g/mol. The van der Waals surface area contributed by atoms with E-state index >= 15 is 0 Å². The van der Waals surface area contributed by atoms with Gasteiger partial charge in [0.1, 0.15) is 0 Å². The molecule has 0 saturated heterocycles. The zero-order valence-electron chi connectivity index (χ0n) is 5.48. The smallest absolute Gasteiger partial charge is 0.00949 e. The molecule has 0 aliphatic rings. The van der Waals surface area contributed by atoms with E-state index in [0.717, 1.165) is 18.6 Å². The SMILES string of the molecule is C=C(CC)CCCS. The quantitative estimate of drug-likeness (QED) is 0.439. The Morgan fingerprint density at radius 2 is 2.25 bits per heavy atom. The van der Waals surface area contributed by atoms with Crippen LogP contribution in [0.25, 0.3) is 0 Å². The van der Waals surface area contributed by atoms with Crippen LogP contribution in [-0.2, 0) is 0 Å². The summed E-state index contributed by atoms with van der Waals surface area (Å²) in [6.07, 6.45) is 3.45. The summed E-state index contributed by atoms with van der Waals surface area (Å²) in [4.78, 5) is 0. The third kappa shape index (κ3) is 4.25. The van der Waals surface area contributed by atoms with Gasteiger partial charge in [-0.1, -0.05) is 19.1 Å². The first kappa shape index (κ1) is 8.09. The van der Waals surface area contributed by atoms with Gasteiger partial charge >= 0.3 is 0 Å². The van der Waals surface area contributed by atoms with Crippen LogP contribution in [0.15, 0.2) is 12.2 Å². The highest BCUT2D eigenvalue weighted by Crippen LogP contribution is 2.05. The van der Waals surface area contributed by atoms with Crippen molar-refractivity contribution in [2.24, 2.45) is 0 Å². The zero-order valence-corrected chi connectivity index (χ0v) is 6.38. The summed E-state index contributed by atoms with van der Waals surface area (Å²) in [5, 5.41) is 0. The van der Waals surface area contributed by atoms with E-state index in [2.05, 4.69) is 26.1 Å². The van der Waals surface area contributed by atoms with Gasteiger partial charge in [-0.25, -0.2) is 0 Å². The Balaban J connectivity index is 2.99. The van der Waals surface area contributed by atoms with Crippen LogP contribution in [0, 0.1) is 0 Å². The monoisotopic (exact) mass is 130 g/mol. The van der Waals surface area contributed by atoms with Crippen LogP contribution in [0.4, 0.5) is 0 Å². The summed E-state index contributed by atoms with van der Waals surface area (Å²) in [6.45, 7) is 6.02. The Bertz CT molecular complexity index is 66.8. The van der Waals surface area contributed by atoms with Crippen LogP contribution in [0.1, 0.15) is 26.2 Å². The Hall–Kier alpha value is 0.0900. The first-order valence-electron chi connectivity index (χ1n) is 3.08. The standard InChI is InChI=1S/C7H14S/c1-3-7(2)5-4-6-8/h8H,2-6H2,1H3. The predicted octanol–water partition coefficient (Wildman–Crippen LogP) is 2.66. The lowest BCUT2D eigenvalue weighted by atomic mass is 10.1. The minimum Gasteiger partial charge on any atom is -0.179 e. The maximum Gasteiger partial charge on any atom is -0.00949 e. The minimum atomic E-state index is 0.985. The molecular formula is C7H14S. The fraction of sp³-hybridized carbons (Fsp3) is 0.714. The number of hydrogen-bond acceptors (Lipinski definition) is 1. The molecule has 0 bridgehead atoms. The molecule has 0 amide bonds. The van der Waals surface area contributed by atoms with Crippen LogP contribution < -0.4 is 0 Å². The minimum absolute atomic E-state index is 0.985. The zero-order chi connectivity index (χ0) is 6.41. The Kier molecular flexibility index (Phi) is 5.29. The molecule has 0 aromatic carbocycles. The third-order valence-corrected chi connectivity index (χ3v) is 1.50. The molecule has 0 N–H and O–H groups in total. The molecule has 0 nitrogen and oxygen atoms in total. The van der Waals surface area contributed by atoms with Crippen molar-refractivity contribution in [2.45, 2.75) is 26.2 Å². The van der Waals surface area contributed by atoms with Gasteiger partial charge in [0.15, 0.2) is 0 Å². The van der Waals surface area contributed by atoms with Crippen LogP contribution in [0.3, 0.4) is 0 Å². The van der Waals surface area contributed by atoms with Gasteiger partial charge in [-0.15, -0.1) is 0 Å². The van der Waals surface area contributed by atoms with E-state index in [1.807, 2.05) is 0 Å². The molecule has 0 atom stereocenters. The molecule has 0 heterocycles. The summed E-state index contributed by atoms with van der Waals surface area (Å²) in [7, 11) is 0. The number of thiol groups is 1. The highest BCUT2D eigenvalue weighted by molar-refractivity contribution is 7.80. The second-order valence-electron chi connectivity index (χ2n) is 1.93. The van der Waals surface area contributed by atoms with Gasteiger partial charge in [-0.2, -0.15) is 12.6 Å². The molecule has 0 aliphatic heterocycles. The summed E-state index contributed by atoms with van der Waals surface area (Å²) >= 11 is 4.09. The van der Waals surface area contributed by atoms with Crippen LogP contribution >= 0.6 is 12.6 Å². The molecule has 0 aliphatic carbocycles. The maximum atomic E-state index is 4.09. The molecule has 0 fully saturated rings. The van der Waals surface area contributed by atoms with Crippen molar-refractivity contribution >= 4 is 12.6 Å². The van der Waals surface area contributed by atoms with E-state index in [1.54, 1.807) is 0 Å². The van der Waals surface area contributed by atoms with E-state index in [4.69, 9.17) is 0 Å². The average Bonchev–Trinajstić information content (AvgIpc) is 1.83. The summed E-state index contributed by atoms with van der Waals surface area (Å²) in [5.74, 6) is 0.985. The number of allylic oxidation sites excluding steroid dienone is 1. The van der Waals surface area contributed by atoms with Gasteiger partial charge in [-0.05, 0) is 25.0 Å². The molecule has 1 heteroatoms. The summed E-state index contributed by atoms with van der Waals surface area (Å²) in [5.41, 5.74) is 1.35. The fourth-order valence-corrected chi connectivity index (χ4v) is 0.664. The van der Waals surface area contributed by atoms with Crippen molar-refractivity contribution in [1.82, 2.24) is 0 Å². The summed E-state index contributed by atoms with van der Waals surface area (Å²) < 4.78 is 0. The normalized spacial score (nSPS) is 9.25. The van der Waals surface area contributed by atoms with Crippen LogP contribution in [0.2, 0.25) is 0 Å². The molecule has 0 aromatic heterocycles. The van der Waals surface area contributed by atoms with Crippen LogP contribution in [0.5, 0.6) is 0 Å². The molecule has 0 saturated carbocycles. The Morgan fingerprint density at radius 3 is 2.62 bits per heavy atom. The van der Waals surface area contributed by atoms with Crippen molar-refractivity contribution in [3.8, 4) is 0 Å². The van der Waals surface area contributed by atoms with E-state index in [1.165, 1.54) is 12.0 Å². The molecule has 0 unspecified atom stereocenters. The molecule has 8 heavy (non-hydrogen) atoms. The second kappa shape index (κ2) is 5.23.